The molecule has 0 heterocycles. The Balaban J connectivity index is 4.98. The van der Waals surface area contributed by atoms with Gasteiger partial charge >= 0.3 is 17.9 Å². The number of amides is 3. The van der Waals surface area contributed by atoms with Gasteiger partial charge in [-0.25, -0.2) is 4.79 Å². The number of hydrogen-bond acceptors (Lipinski definition) is 11. The van der Waals surface area contributed by atoms with Gasteiger partial charge in [-0.1, -0.05) is 0 Å². The van der Waals surface area contributed by atoms with Crippen LogP contribution in [0.3, 0.4) is 0 Å². The average Bonchev–Trinajstić information content (AvgIpc) is 2.80. The number of nitrogens with two attached hydrogens (primary N) is 1. The van der Waals surface area contributed by atoms with Crippen molar-refractivity contribution >= 4 is 47.4 Å². The molecule has 0 bridgehead atoms. The molecule has 0 aromatic carbocycles. The summed E-state index contributed by atoms with van der Waals surface area (Å²) in [6.45, 7) is 1.05. The van der Waals surface area contributed by atoms with Crippen LogP contribution < -0.4 is 21.7 Å². The minimum absolute atomic E-state index is 0.0943. The number of rotatable bonds is 15. The SMILES string of the molecule is COC(=O)CCSC[C@@H](NC(=O)CC[C@@H](NC(=O)[C@H](C)N)C(=O)OC)C(=O)NCC(=O)OC. The summed E-state index contributed by atoms with van der Waals surface area (Å²) in [7, 11) is 3.56. The normalized spacial score (nSPS) is 13.0. The Morgan fingerprint density at radius 3 is 2.03 bits per heavy atom. The van der Waals surface area contributed by atoms with Crippen LogP contribution >= 0.6 is 11.8 Å². The van der Waals surface area contributed by atoms with E-state index in [-0.39, 0.29) is 31.6 Å². The smallest absolute Gasteiger partial charge is 0.328 e. The Bertz CT molecular complexity index is 703. The first-order chi connectivity index (χ1) is 15.5. The van der Waals surface area contributed by atoms with Crippen LogP contribution in [0.2, 0.25) is 0 Å². The maximum absolute atomic E-state index is 12.4. The zero-order valence-electron chi connectivity index (χ0n) is 19.1. The van der Waals surface area contributed by atoms with Gasteiger partial charge in [0.25, 0.3) is 0 Å². The number of carbonyl (C=O) groups is 6. The van der Waals surface area contributed by atoms with E-state index < -0.39 is 53.8 Å². The number of methoxy groups -OCH3 is 3. The second-order valence-electron chi connectivity index (χ2n) is 6.73. The molecule has 0 fully saturated rings. The summed E-state index contributed by atoms with van der Waals surface area (Å²) in [5.74, 6) is -3.18. The van der Waals surface area contributed by atoms with E-state index in [1.54, 1.807) is 0 Å². The van der Waals surface area contributed by atoms with E-state index in [2.05, 4.69) is 30.2 Å². The predicted molar refractivity (Wildman–Crippen MR) is 118 cm³/mol. The summed E-state index contributed by atoms with van der Waals surface area (Å²) in [6.07, 6.45) is -0.193. The van der Waals surface area contributed by atoms with Crippen molar-refractivity contribution < 1.29 is 43.0 Å². The molecule has 0 aromatic rings. The minimum Gasteiger partial charge on any atom is -0.469 e. The summed E-state index contributed by atoms with van der Waals surface area (Å²) in [5.41, 5.74) is 5.47. The van der Waals surface area contributed by atoms with Crippen molar-refractivity contribution in [2.75, 3.05) is 39.4 Å². The summed E-state index contributed by atoms with van der Waals surface area (Å²) in [5, 5.41) is 7.27. The van der Waals surface area contributed by atoms with Crippen LogP contribution in [0.25, 0.3) is 0 Å². The van der Waals surface area contributed by atoms with Gasteiger partial charge < -0.3 is 35.9 Å². The second kappa shape index (κ2) is 16.7. The highest BCUT2D eigenvalue weighted by molar-refractivity contribution is 7.99. The number of hydrogen-bond donors (Lipinski definition) is 4. The van der Waals surface area contributed by atoms with Gasteiger partial charge in [0.15, 0.2) is 0 Å². The van der Waals surface area contributed by atoms with Crippen molar-refractivity contribution in [3.8, 4) is 0 Å². The molecule has 33 heavy (non-hydrogen) atoms. The monoisotopic (exact) mass is 492 g/mol. The third-order valence-corrected chi connectivity index (χ3v) is 5.19. The van der Waals surface area contributed by atoms with E-state index in [1.807, 2.05) is 0 Å². The lowest BCUT2D eigenvalue weighted by Crippen LogP contribution is -2.50. The van der Waals surface area contributed by atoms with Crippen LogP contribution in [0.1, 0.15) is 26.2 Å². The molecular weight excluding hydrogens is 460 g/mol. The van der Waals surface area contributed by atoms with Crippen molar-refractivity contribution in [3.63, 3.8) is 0 Å². The highest BCUT2D eigenvalue weighted by Crippen LogP contribution is 2.08. The minimum atomic E-state index is -1.10. The maximum atomic E-state index is 12.4. The van der Waals surface area contributed by atoms with Crippen LogP contribution in [-0.4, -0.2) is 93.1 Å². The summed E-state index contributed by atoms with van der Waals surface area (Å²) >= 11 is 1.22. The molecule has 0 aromatic heterocycles. The first-order valence-electron chi connectivity index (χ1n) is 9.97. The van der Waals surface area contributed by atoms with Gasteiger partial charge in [0, 0.05) is 17.9 Å². The number of nitrogens with one attached hydrogen (secondary N) is 3. The van der Waals surface area contributed by atoms with Gasteiger partial charge in [0.1, 0.15) is 18.6 Å². The third-order valence-electron chi connectivity index (χ3n) is 4.12. The Labute approximate surface area is 196 Å². The molecule has 0 spiro atoms. The molecule has 3 amide bonds. The van der Waals surface area contributed by atoms with Gasteiger partial charge in [0.2, 0.25) is 17.7 Å². The van der Waals surface area contributed by atoms with E-state index in [4.69, 9.17) is 5.73 Å². The number of carbonyl (C=O) groups excluding carboxylic acids is 6. The number of thioether (sulfide) groups is 1. The van der Waals surface area contributed by atoms with E-state index in [0.29, 0.717) is 5.75 Å². The molecule has 13 nitrogen and oxygen atoms in total. The number of ether oxygens (including phenoxy) is 3. The first kappa shape index (κ1) is 30.1. The highest BCUT2D eigenvalue weighted by Gasteiger charge is 2.26. The van der Waals surface area contributed by atoms with Crippen molar-refractivity contribution in [2.24, 2.45) is 5.73 Å². The lowest BCUT2D eigenvalue weighted by Gasteiger charge is -2.20. The molecule has 0 aliphatic carbocycles. The van der Waals surface area contributed by atoms with Crippen LogP contribution in [0.15, 0.2) is 0 Å². The van der Waals surface area contributed by atoms with Crippen molar-refractivity contribution in [2.45, 2.75) is 44.3 Å². The van der Waals surface area contributed by atoms with Crippen LogP contribution in [-0.2, 0) is 43.0 Å². The molecule has 188 valence electrons. The standard InChI is InChI=1S/C19H32N4O9S/c1-11(20)17(27)23-12(19(29)32-4)5-6-14(24)22-13(10-33-8-7-15(25)30-2)18(28)21-9-16(26)31-3/h11-13H,5-10,20H2,1-4H3,(H,21,28)(H,22,24)(H,23,27)/t11-,12+,13+/m0/s1. The topological polar surface area (TPSA) is 192 Å². The van der Waals surface area contributed by atoms with Crippen molar-refractivity contribution in [3.05, 3.63) is 0 Å². The molecule has 0 saturated heterocycles. The van der Waals surface area contributed by atoms with E-state index in [9.17, 15) is 28.8 Å². The third kappa shape index (κ3) is 13.3. The molecule has 3 atom stereocenters. The fraction of sp³-hybridized carbons (Fsp3) is 0.684. The fourth-order valence-corrected chi connectivity index (χ4v) is 3.18. The van der Waals surface area contributed by atoms with Gasteiger partial charge in [-0.3, -0.25) is 24.0 Å². The molecule has 14 heteroatoms. The molecule has 0 radical (unpaired) electrons. The maximum Gasteiger partial charge on any atom is 0.328 e. The molecule has 0 aliphatic heterocycles. The second-order valence-corrected chi connectivity index (χ2v) is 7.88. The summed E-state index contributed by atoms with van der Waals surface area (Å²) in [4.78, 5) is 71.0. The van der Waals surface area contributed by atoms with Crippen molar-refractivity contribution in [1.29, 1.82) is 0 Å². The summed E-state index contributed by atoms with van der Waals surface area (Å²) < 4.78 is 13.6. The van der Waals surface area contributed by atoms with Gasteiger partial charge in [-0.2, -0.15) is 11.8 Å². The molecular formula is C19H32N4O9S. The molecule has 0 saturated carbocycles. The lowest BCUT2D eigenvalue weighted by atomic mass is 10.1. The van der Waals surface area contributed by atoms with Crippen molar-refractivity contribution in [1.82, 2.24) is 16.0 Å². The van der Waals surface area contributed by atoms with E-state index >= 15 is 0 Å². The lowest BCUT2D eigenvalue weighted by molar-refractivity contribution is -0.145. The van der Waals surface area contributed by atoms with E-state index in [0.717, 1.165) is 7.11 Å². The predicted octanol–water partition coefficient (Wildman–Crippen LogP) is -2.16. The highest BCUT2D eigenvalue weighted by atomic mass is 32.2. The van der Waals surface area contributed by atoms with Crippen LogP contribution in [0, 0.1) is 0 Å². The summed E-state index contributed by atoms with van der Waals surface area (Å²) in [6, 6.07) is -2.99. The Hall–Kier alpha value is -2.87. The molecule has 0 unspecified atom stereocenters. The van der Waals surface area contributed by atoms with Gasteiger partial charge in [-0.15, -0.1) is 0 Å². The van der Waals surface area contributed by atoms with Crippen LogP contribution in [0.5, 0.6) is 0 Å². The van der Waals surface area contributed by atoms with Gasteiger partial charge in [-0.05, 0) is 13.3 Å². The zero-order valence-corrected chi connectivity index (χ0v) is 20.0. The quantitative estimate of drug-likeness (QED) is 0.111. The first-order valence-corrected chi connectivity index (χ1v) is 11.1. The molecule has 0 aliphatic rings. The fourth-order valence-electron chi connectivity index (χ4n) is 2.23. The average molecular weight is 493 g/mol. The van der Waals surface area contributed by atoms with E-state index in [1.165, 1.54) is 32.9 Å². The molecule has 0 rings (SSSR count). The number of esters is 3. The Kier molecular flexibility index (Phi) is 15.3. The molecule has 5 N–H and O–H groups in total. The Morgan fingerprint density at radius 2 is 1.48 bits per heavy atom. The Morgan fingerprint density at radius 1 is 0.848 bits per heavy atom. The van der Waals surface area contributed by atoms with Crippen LogP contribution in [0.4, 0.5) is 0 Å². The van der Waals surface area contributed by atoms with Gasteiger partial charge in [0.05, 0.1) is 33.8 Å². The largest absolute Gasteiger partial charge is 0.469 e. The zero-order chi connectivity index (χ0) is 25.4.